The molecule has 1 aromatic carbocycles. The van der Waals surface area contributed by atoms with Crippen molar-refractivity contribution in [2.45, 2.75) is 26.7 Å². The number of fused-ring (bicyclic) bond motifs is 1. The number of allylic oxidation sites excluding steroid dienone is 1. The molecule has 1 aliphatic carbocycles. The van der Waals surface area contributed by atoms with E-state index < -0.39 is 0 Å². The third-order valence-corrected chi connectivity index (χ3v) is 3.57. The second kappa shape index (κ2) is 3.85. The first-order chi connectivity index (χ1) is 7.99. The summed E-state index contributed by atoms with van der Waals surface area (Å²) in [6.45, 7) is 3.92. The number of nitrogens with two attached hydrogens (primary N) is 4. The molecule has 0 aliphatic heterocycles. The number of hydrogen-bond acceptors (Lipinski definition) is 5. The number of hydrogen-bond donors (Lipinski definition) is 5. The van der Waals surface area contributed by atoms with Crippen LogP contribution in [0.3, 0.4) is 0 Å². The van der Waals surface area contributed by atoms with Crippen LogP contribution in [-0.2, 0) is 6.42 Å². The molecule has 2 rings (SSSR count). The smallest absolute Gasteiger partial charge is 0.0773 e. The van der Waals surface area contributed by atoms with E-state index in [-0.39, 0.29) is 0 Å². The summed E-state index contributed by atoms with van der Waals surface area (Å²) >= 11 is 0. The van der Waals surface area contributed by atoms with Crippen LogP contribution < -0.4 is 28.5 Å². The first kappa shape index (κ1) is 11.6. The average molecular weight is 233 g/mol. The zero-order valence-corrected chi connectivity index (χ0v) is 10.2. The molecule has 92 valence electrons. The molecule has 0 radical (unpaired) electrons. The fourth-order valence-corrected chi connectivity index (χ4v) is 2.40. The lowest BCUT2D eigenvalue weighted by Gasteiger charge is -2.25. The van der Waals surface area contributed by atoms with Crippen LogP contribution in [0.15, 0.2) is 5.57 Å². The molecule has 0 heterocycles. The number of nitrogens with one attached hydrogen (secondary N) is 1. The van der Waals surface area contributed by atoms with E-state index in [0.717, 1.165) is 46.5 Å². The van der Waals surface area contributed by atoms with Crippen molar-refractivity contribution in [2.24, 2.45) is 11.6 Å². The summed E-state index contributed by atoms with van der Waals surface area (Å²) in [6.07, 6.45) is 1.81. The molecule has 0 spiro atoms. The standard InChI is InChI=1S/C12H19N5/c1-5-3-4-7-8(9(5)13)11(15)12(17-16)6(2)10(7)14/h17H,3-4,13-16H2,1-2H3. The Labute approximate surface area is 101 Å². The number of benzene rings is 1. The summed E-state index contributed by atoms with van der Waals surface area (Å²) < 4.78 is 0. The molecule has 5 heteroatoms. The highest BCUT2D eigenvalue weighted by molar-refractivity contribution is 5.92. The second-order valence-electron chi connectivity index (χ2n) is 4.52. The van der Waals surface area contributed by atoms with Crippen LogP contribution in [0.1, 0.15) is 30.0 Å². The van der Waals surface area contributed by atoms with Gasteiger partial charge in [0.2, 0.25) is 0 Å². The van der Waals surface area contributed by atoms with E-state index in [9.17, 15) is 0 Å². The number of nitrogen functional groups attached to an aromatic ring is 3. The highest BCUT2D eigenvalue weighted by Gasteiger charge is 2.23. The molecule has 17 heavy (non-hydrogen) atoms. The van der Waals surface area contributed by atoms with Crippen molar-refractivity contribution in [2.75, 3.05) is 16.9 Å². The minimum Gasteiger partial charge on any atom is -0.398 e. The van der Waals surface area contributed by atoms with Crippen molar-refractivity contribution < 1.29 is 0 Å². The molecule has 1 aromatic rings. The van der Waals surface area contributed by atoms with Gasteiger partial charge in [0.1, 0.15) is 0 Å². The summed E-state index contributed by atoms with van der Waals surface area (Å²) in [7, 11) is 0. The van der Waals surface area contributed by atoms with Gasteiger partial charge in [-0.2, -0.15) is 0 Å². The van der Waals surface area contributed by atoms with Crippen molar-refractivity contribution in [3.05, 3.63) is 22.3 Å². The molecule has 9 N–H and O–H groups in total. The first-order valence-corrected chi connectivity index (χ1v) is 5.61. The third kappa shape index (κ3) is 1.51. The predicted octanol–water partition coefficient (Wildman–Crippen LogP) is 1.08. The van der Waals surface area contributed by atoms with E-state index in [1.165, 1.54) is 0 Å². The van der Waals surface area contributed by atoms with Crippen LogP contribution in [0.5, 0.6) is 0 Å². The van der Waals surface area contributed by atoms with Gasteiger partial charge in [-0.15, -0.1) is 0 Å². The van der Waals surface area contributed by atoms with Crippen LogP contribution in [-0.4, -0.2) is 0 Å². The average Bonchev–Trinajstić information content (AvgIpc) is 2.30. The van der Waals surface area contributed by atoms with Gasteiger partial charge in [0.15, 0.2) is 0 Å². The summed E-state index contributed by atoms with van der Waals surface area (Å²) in [6, 6.07) is 0. The monoisotopic (exact) mass is 233 g/mol. The van der Waals surface area contributed by atoms with Crippen molar-refractivity contribution in [1.82, 2.24) is 0 Å². The van der Waals surface area contributed by atoms with Crippen LogP contribution in [0.25, 0.3) is 5.70 Å². The molecule has 0 saturated carbocycles. The van der Waals surface area contributed by atoms with Crippen molar-refractivity contribution in [1.29, 1.82) is 0 Å². The summed E-state index contributed by atoms with van der Waals surface area (Å²) in [5.74, 6) is 5.49. The molecule has 0 saturated heterocycles. The molecule has 1 aliphatic rings. The van der Waals surface area contributed by atoms with Crippen molar-refractivity contribution >= 4 is 22.8 Å². The van der Waals surface area contributed by atoms with Crippen LogP contribution >= 0.6 is 0 Å². The predicted molar refractivity (Wildman–Crippen MR) is 72.9 cm³/mol. The summed E-state index contributed by atoms with van der Waals surface area (Å²) in [4.78, 5) is 0. The Morgan fingerprint density at radius 1 is 1.00 bits per heavy atom. The second-order valence-corrected chi connectivity index (χ2v) is 4.52. The maximum atomic E-state index is 6.13. The number of rotatable bonds is 1. The van der Waals surface area contributed by atoms with E-state index in [1.807, 2.05) is 13.8 Å². The van der Waals surface area contributed by atoms with Gasteiger partial charge in [-0.1, -0.05) is 0 Å². The molecule has 0 amide bonds. The molecule has 0 fully saturated rings. The quantitative estimate of drug-likeness (QED) is 0.283. The summed E-state index contributed by atoms with van der Waals surface area (Å²) in [5.41, 5.74) is 27.6. The Kier molecular flexibility index (Phi) is 2.63. The maximum Gasteiger partial charge on any atom is 0.0773 e. The minimum absolute atomic E-state index is 0.589. The molecule has 0 atom stereocenters. The molecule has 0 bridgehead atoms. The topological polar surface area (TPSA) is 116 Å². The lowest BCUT2D eigenvalue weighted by atomic mass is 9.85. The van der Waals surface area contributed by atoms with E-state index in [1.54, 1.807) is 0 Å². The van der Waals surface area contributed by atoms with Crippen LogP contribution in [0.2, 0.25) is 0 Å². The molecule has 0 unspecified atom stereocenters. The van der Waals surface area contributed by atoms with Gasteiger partial charge >= 0.3 is 0 Å². The maximum absolute atomic E-state index is 6.13. The van der Waals surface area contributed by atoms with Gasteiger partial charge in [0.05, 0.1) is 11.4 Å². The molecule has 5 nitrogen and oxygen atoms in total. The summed E-state index contributed by atoms with van der Waals surface area (Å²) in [5, 5.41) is 0. The molecule has 0 aromatic heterocycles. The van der Waals surface area contributed by atoms with E-state index in [4.69, 9.17) is 23.0 Å². The Hall–Kier alpha value is -1.88. The fourth-order valence-electron chi connectivity index (χ4n) is 2.40. The van der Waals surface area contributed by atoms with Crippen LogP contribution in [0, 0.1) is 6.92 Å². The molecular weight excluding hydrogens is 214 g/mol. The highest BCUT2D eigenvalue weighted by Crippen LogP contribution is 2.42. The minimum atomic E-state index is 0.589. The van der Waals surface area contributed by atoms with Gasteiger partial charge in [0.25, 0.3) is 0 Å². The Morgan fingerprint density at radius 3 is 2.24 bits per heavy atom. The van der Waals surface area contributed by atoms with Crippen molar-refractivity contribution in [3.8, 4) is 0 Å². The van der Waals surface area contributed by atoms with Gasteiger partial charge in [-0.25, -0.2) is 0 Å². The zero-order chi connectivity index (χ0) is 12.7. The number of anilines is 3. The fraction of sp³-hybridized carbons (Fsp3) is 0.333. The van der Waals surface area contributed by atoms with E-state index >= 15 is 0 Å². The largest absolute Gasteiger partial charge is 0.398 e. The third-order valence-electron chi connectivity index (χ3n) is 3.57. The zero-order valence-electron chi connectivity index (χ0n) is 10.2. The normalized spacial score (nSPS) is 14.8. The highest BCUT2D eigenvalue weighted by atomic mass is 15.2. The lowest BCUT2D eigenvalue weighted by Crippen LogP contribution is -2.19. The Balaban J connectivity index is 2.83. The van der Waals surface area contributed by atoms with E-state index in [0.29, 0.717) is 11.4 Å². The van der Waals surface area contributed by atoms with Gasteiger partial charge in [-0.3, -0.25) is 5.84 Å². The SMILES string of the molecule is CC1=C(N)c2c(N)c(NN)c(C)c(N)c2CC1. The van der Waals surface area contributed by atoms with Gasteiger partial charge < -0.3 is 22.6 Å². The van der Waals surface area contributed by atoms with Crippen molar-refractivity contribution in [3.63, 3.8) is 0 Å². The lowest BCUT2D eigenvalue weighted by molar-refractivity contribution is 0.915. The first-order valence-electron chi connectivity index (χ1n) is 5.61. The van der Waals surface area contributed by atoms with E-state index in [2.05, 4.69) is 5.43 Å². The Bertz CT molecular complexity index is 516. The molecular formula is C12H19N5. The Morgan fingerprint density at radius 2 is 1.65 bits per heavy atom. The van der Waals surface area contributed by atoms with Crippen LogP contribution in [0.4, 0.5) is 17.1 Å². The van der Waals surface area contributed by atoms with Gasteiger partial charge in [0, 0.05) is 16.9 Å². The van der Waals surface area contributed by atoms with Gasteiger partial charge in [-0.05, 0) is 43.4 Å². The number of hydrazine groups is 1.